The third-order valence-electron chi connectivity index (χ3n) is 4.25. The lowest BCUT2D eigenvalue weighted by molar-refractivity contribution is -0.137. The molecule has 0 aliphatic carbocycles. The number of amides is 2. The molecular weight excluding hydrogens is 597 g/mol. The SMILES string of the molecule is O=C(CCN1C(=O)/C(=C/c2cc(Br)cc(Br)c2O)SC1=S)Nc1cccc(C(F)(F)F)c1. The van der Waals surface area contributed by atoms with Crippen LogP contribution in [-0.2, 0) is 15.8 Å². The lowest BCUT2D eigenvalue weighted by Crippen LogP contribution is -2.31. The Morgan fingerprint density at radius 1 is 1.25 bits per heavy atom. The topological polar surface area (TPSA) is 69.6 Å². The maximum atomic E-state index is 12.8. The molecule has 2 amide bonds. The summed E-state index contributed by atoms with van der Waals surface area (Å²) in [6, 6.07) is 7.57. The van der Waals surface area contributed by atoms with Crippen molar-refractivity contribution in [3.8, 4) is 5.75 Å². The van der Waals surface area contributed by atoms with Crippen molar-refractivity contribution in [2.24, 2.45) is 0 Å². The molecule has 0 aromatic heterocycles. The number of rotatable bonds is 5. The minimum Gasteiger partial charge on any atom is -0.506 e. The van der Waals surface area contributed by atoms with Gasteiger partial charge in [-0.1, -0.05) is 46.0 Å². The van der Waals surface area contributed by atoms with Crippen LogP contribution in [0.1, 0.15) is 17.5 Å². The number of benzene rings is 2. The Bertz CT molecular complexity index is 1140. The van der Waals surface area contributed by atoms with Gasteiger partial charge in [-0.25, -0.2) is 0 Å². The molecule has 1 saturated heterocycles. The Morgan fingerprint density at radius 3 is 2.66 bits per heavy atom. The van der Waals surface area contributed by atoms with Gasteiger partial charge in [0.1, 0.15) is 10.1 Å². The van der Waals surface area contributed by atoms with Crippen molar-refractivity contribution in [1.29, 1.82) is 0 Å². The zero-order valence-corrected chi connectivity index (χ0v) is 20.7. The molecule has 0 spiro atoms. The summed E-state index contributed by atoms with van der Waals surface area (Å²) in [5.41, 5.74) is -0.473. The van der Waals surface area contributed by atoms with Crippen molar-refractivity contribution in [1.82, 2.24) is 4.90 Å². The number of hydrogen-bond acceptors (Lipinski definition) is 5. The van der Waals surface area contributed by atoms with Crippen LogP contribution in [0.25, 0.3) is 6.08 Å². The van der Waals surface area contributed by atoms with E-state index >= 15 is 0 Å². The van der Waals surface area contributed by atoms with Crippen molar-refractivity contribution >= 4 is 83.7 Å². The molecule has 168 valence electrons. The fraction of sp³-hybridized carbons (Fsp3) is 0.150. The Kier molecular flexibility index (Phi) is 7.69. The summed E-state index contributed by atoms with van der Waals surface area (Å²) in [4.78, 5) is 26.4. The van der Waals surface area contributed by atoms with Gasteiger partial charge in [-0.3, -0.25) is 14.5 Å². The second kappa shape index (κ2) is 9.94. The van der Waals surface area contributed by atoms with Crippen molar-refractivity contribution in [2.45, 2.75) is 12.6 Å². The summed E-state index contributed by atoms with van der Waals surface area (Å²) in [6.45, 7) is -0.0407. The fourth-order valence-electron chi connectivity index (χ4n) is 2.74. The normalized spacial score (nSPS) is 15.5. The van der Waals surface area contributed by atoms with E-state index in [0.717, 1.165) is 23.9 Å². The van der Waals surface area contributed by atoms with E-state index in [-0.39, 0.29) is 33.6 Å². The molecule has 1 heterocycles. The molecule has 0 radical (unpaired) electrons. The fourth-order valence-corrected chi connectivity index (χ4v) is 5.30. The van der Waals surface area contributed by atoms with Gasteiger partial charge in [-0.15, -0.1) is 0 Å². The molecule has 2 N–H and O–H groups in total. The number of carbonyl (C=O) groups is 2. The summed E-state index contributed by atoms with van der Waals surface area (Å²) in [5, 5.41) is 12.6. The standard InChI is InChI=1S/C20H13Br2F3N2O3S2/c21-12-6-10(17(29)14(22)9-12)7-15-18(30)27(19(31)32-15)5-4-16(28)26-13-3-1-2-11(8-13)20(23,24)25/h1-3,6-9,29H,4-5H2,(H,26,28)/b15-7-. The zero-order valence-electron chi connectivity index (χ0n) is 15.9. The Labute approximate surface area is 207 Å². The number of carbonyl (C=O) groups excluding carboxylic acids is 2. The minimum absolute atomic E-state index is 0.00539. The highest BCUT2D eigenvalue weighted by molar-refractivity contribution is 9.11. The molecular formula is C20H13Br2F3N2O3S2. The summed E-state index contributed by atoms with van der Waals surface area (Å²) in [6.07, 6.45) is -3.19. The van der Waals surface area contributed by atoms with Crippen LogP contribution in [-0.4, -0.2) is 32.7 Å². The van der Waals surface area contributed by atoms with Gasteiger partial charge in [0.05, 0.1) is 14.9 Å². The summed E-state index contributed by atoms with van der Waals surface area (Å²) in [7, 11) is 0. The van der Waals surface area contributed by atoms with Crippen LogP contribution in [0.15, 0.2) is 50.2 Å². The first-order valence-electron chi connectivity index (χ1n) is 8.86. The van der Waals surface area contributed by atoms with Gasteiger partial charge in [-0.2, -0.15) is 13.2 Å². The van der Waals surface area contributed by atoms with Crippen LogP contribution < -0.4 is 5.32 Å². The highest BCUT2D eigenvalue weighted by atomic mass is 79.9. The first-order valence-corrected chi connectivity index (χ1v) is 11.7. The number of alkyl halides is 3. The monoisotopic (exact) mass is 608 g/mol. The summed E-state index contributed by atoms with van der Waals surface area (Å²) in [5.74, 6) is -1.03. The quantitative estimate of drug-likeness (QED) is 0.314. The molecule has 1 fully saturated rings. The molecule has 3 rings (SSSR count). The molecule has 2 aromatic rings. The molecule has 5 nitrogen and oxygen atoms in total. The highest BCUT2D eigenvalue weighted by Crippen LogP contribution is 2.37. The number of phenolic OH excluding ortho intramolecular Hbond substituents is 1. The van der Waals surface area contributed by atoms with Gasteiger partial charge in [0.2, 0.25) is 5.91 Å². The number of phenols is 1. The first kappa shape index (κ1) is 24.7. The predicted octanol–water partition coefficient (Wildman–Crippen LogP) is 6.17. The summed E-state index contributed by atoms with van der Waals surface area (Å²) < 4.78 is 39.8. The minimum atomic E-state index is -4.52. The second-order valence-electron chi connectivity index (χ2n) is 6.54. The molecule has 32 heavy (non-hydrogen) atoms. The number of thioether (sulfide) groups is 1. The van der Waals surface area contributed by atoms with Gasteiger partial charge in [-0.05, 0) is 52.3 Å². The van der Waals surface area contributed by atoms with Crippen molar-refractivity contribution in [3.05, 3.63) is 61.4 Å². The van der Waals surface area contributed by atoms with Crippen molar-refractivity contribution < 1.29 is 27.9 Å². The molecule has 0 atom stereocenters. The maximum absolute atomic E-state index is 12.8. The lowest BCUT2D eigenvalue weighted by Gasteiger charge is -2.14. The van der Waals surface area contributed by atoms with Crippen LogP contribution in [0, 0.1) is 0 Å². The van der Waals surface area contributed by atoms with E-state index in [0.29, 0.717) is 14.5 Å². The van der Waals surface area contributed by atoms with Crippen LogP contribution >= 0.6 is 55.8 Å². The van der Waals surface area contributed by atoms with E-state index in [9.17, 15) is 27.9 Å². The molecule has 0 saturated carbocycles. The van der Waals surface area contributed by atoms with Crippen LogP contribution in [0.5, 0.6) is 5.75 Å². The second-order valence-corrected chi connectivity index (χ2v) is 9.98. The lowest BCUT2D eigenvalue weighted by atomic mass is 10.2. The number of anilines is 1. The molecule has 1 aliphatic heterocycles. The smallest absolute Gasteiger partial charge is 0.416 e. The first-order chi connectivity index (χ1) is 15.0. The third-order valence-corrected chi connectivity index (χ3v) is 6.69. The van der Waals surface area contributed by atoms with Crippen LogP contribution in [0.2, 0.25) is 0 Å². The molecule has 0 unspecified atom stereocenters. The Morgan fingerprint density at radius 2 is 1.97 bits per heavy atom. The van der Waals surface area contributed by atoms with E-state index in [1.807, 2.05) is 0 Å². The maximum Gasteiger partial charge on any atom is 0.416 e. The largest absolute Gasteiger partial charge is 0.506 e. The van der Waals surface area contributed by atoms with E-state index in [2.05, 4.69) is 37.2 Å². The molecule has 2 aromatic carbocycles. The van der Waals surface area contributed by atoms with Crippen LogP contribution in [0.4, 0.5) is 18.9 Å². The van der Waals surface area contributed by atoms with E-state index < -0.39 is 23.6 Å². The van der Waals surface area contributed by atoms with Gasteiger partial charge in [0.25, 0.3) is 5.91 Å². The number of thiocarbonyl (C=S) groups is 1. The number of nitrogens with one attached hydrogen (secondary N) is 1. The molecule has 0 bridgehead atoms. The Hall–Kier alpha value is -1.89. The van der Waals surface area contributed by atoms with Crippen LogP contribution in [0.3, 0.4) is 0 Å². The number of halogens is 5. The Balaban J connectivity index is 1.66. The predicted molar refractivity (Wildman–Crippen MR) is 128 cm³/mol. The molecule has 1 aliphatic rings. The zero-order chi connectivity index (χ0) is 23.6. The van der Waals surface area contributed by atoms with Crippen molar-refractivity contribution in [3.63, 3.8) is 0 Å². The van der Waals surface area contributed by atoms with E-state index in [1.165, 1.54) is 23.1 Å². The highest BCUT2D eigenvalue weighted by Gasteiger charge is 2.33. The average molecular weight is 610 g/mol. The van der Waals surface area contributed by atoms with Gasteiger partial charge in [0.15, 0.2) is 0 Å². The van der Waals surface area contributed by atoms with E-state index in [4.69, 9.17) is 12.2 Å². The van der Waals surface area contributed by atoms with Gasteiger partial charge in [0, 0.05) is 28.7 Å². The third kappa shape index (κ3) is 5.91. The van der Waals surface area contributed by atoms with Gasteiger partial charge < -0.3 is 10.4 Å². The van der Waals surface area contributed by atoms with E-state index in [1.54, 1.807) is 12.1 Å². The number of hydrogen-bond donors (Lipinski definition) is 2. The average Bonchev–Trinajstić information content (AvgIpc) is 2.96. The molecule has 12 heteroatoms. The number of nitrogens with zero attached hydrogens (tertiary/aromatic N) is 1. The number of aromatic hydroxyl groups is 1. The summed E-state index contributed by atoms with van der Waals surface area (Å²) >= 11 is 12.8. The van der Waals surface area contributed by atoms with Crippen molar-refractivity contribution in [2.75, 3.05) is 11.9 Å². The van der Waals surface area contributed by atoms with Gasteiger partial charge >= 0.3 is 6.18 Å².